The van der Waals surface area contributed by atoms with E-state index in [1.807, 2.05) is 11.0 Å². The first-order chi connectivity index (χ1) is 12.1. The second kappa shape index (κ2) is 7.36. The van der Waals surface area contributed by atoms with Crippen molar-refractivity contribution in [3.05, 3.63) is 64.7 Å². The molecule has 0 aromatic heterocycles. The van der Waals surface area contributed by atoms with Gasteiger partial charge < -0.3 is 9.64 Å². The molecule has 0 atom stereocenters. The van der Waals surface area contributed by atoms with Gasteiger partial charge in [-0.2, -0.15) is 0 Å². The Morgan fingerprint density at radius 3 is 2.48 bits per heavy atom. The van der Waals surface area contributed by atoms with Gasteiger partial charge in [-0.1, -0.05) is 6.07 Å². The first-order valence-electron chi connectivity index (χ1n) is 8.12. The predicted octanol–water partition coefficient (Wildman–Crippen LogP) is 2.40. The third kappa shape index (κ3) is 3.64. The van der Waals surface area contributed by atoms with Gasteiger partial charge in [-0.25, -0.2) is 5.48 Å². The minimum absolute atomic E-state index is 0.0207. The normalized spacial score (nSPS) is 13.6. The molecule has 0 radical (unpaired) electrons. The second-order valence-electron chi connectivity index (χ2n) is 5.98. The van der Waals surface area contributed by atoms with Gasteiger partial charge in [0.25, 0.3) is 11.8 Å². The lowest BCUT2D eigenvalue weighted by Crippen LogP contribution is -2.30. The summed E-state index contributed by atoms with van der Waals surface area (Å²) in [4.78, 5) is 26.1. The van der Waals surface area contributed by atoms with Gasteiger partial charge >= 0.3 is 0 Å². The Morgan fingerprint density at radius 2 is 1.80 bits per heavy atom. The van der Waals surface area contributed by atoms with Crippen molar-refractivity contribution in [1.82, 2.24) is 10.4 Å². The Kier molecular flexibility index (Phi) is 5.00. The summed E-state index contributed by atoms with van der Waals surface area (Å²) in [6.45, 7) is 1.16. The van der Waals surface area contributed by atoms with E-state index in [1.54, 1.807) is 49.0 Å². The van der Waals surface area contributed by atoms with Crippen LogP contribution in [-0.4, -0.2) is 35.6 Å². The fraction of sp³-hybridized carbons (Fsp3) is 0.263. The van der Waals surface area contributed by atoms with Gasteiger partial charge in [0.2, 0.25) is 0 Å². The number of aryl methyl sites for hydroxylation is 1. The van der Waals surface area contributed by atoms with Gasteiger partial charge in [-0.15, -0.1) is 0 Å². The molecule has 0 spiro atoms. The molecule has 2 N–H and O–H groups in total. The number of ether oxygens (including phenoxy) is 1. The Morgan fingerprint density at radius 1 is 1.08 bits per heavy atom. The van der Waals surface area contributed by atoms with Crippen molar-refractivity contribution >= 4 is 11.8 Å². The van der Waals surface area contributed by atoms with E-state index >= 15 is 0 Å². The zero-order valence-corrected chi connectivity index (χ0v) is 14.0. The lowest BCUT2D eigenvalue weighted by molar-refractivity contribution is 0.0705. The Balaban J connectivity index is 1.81. The highest BCUT2D eigenvalue weighted by molar-refractivity contribution is 5.95. The molecule has 25 heavy (non-hydrogen) atoms. The van der Waals surface area contributed by atoms with Crippen molar-refractivity contribution < 1.29 is 19.5 Å². The molecule has 0 saturated carbocycles. The zero-order valence-electron chi connectivity index (χ0n) is 14.0. The van der Waals surface area contributed by atoms with E-state index in [2.05, 4.69) is 0 Å². The number of rotatable bonds is 3. The van der Waals surface area contributed by atoms with E-state index < -0.39 is 5.91 Å². The van der Waals surface area contributed by atoms with Gasteiger partial charge in [0, 0.05) is 24.2 Å². The van der Waals surface area contributed by atoms with Crippen molar-refractivity contribution in [2.24, 2.45) is 0 Å². The Bertz CT molecular complexity index is 787. The van der Waals surface area contributed by atoms with E-state index in [0.717, 1.165) is 24.0 Å². The van der Waals surface area contributed by atoms with Crippen molar-refractivity contribution in [1.29, 1.82) is 0 Å². The maximum atomic E-state index is 12.8. The molecule has 0 saturated heterocycles. The number of nitrogens with one attached hydrogen (secondary N) is 1. The number of methoxy groups -OCH3 is 1. The maximum Gasteiger partial charge on any atom is 0.274 e. The highest BCUT2D eigenvalue weighted by atomic mass is 16.5. The number of carbonyl (C=O) groups excluding carboxylic acids is 2. The molecule has 2 aromatic carbocycles. The molecule has 0 aliphatic carbocycles. The number of hydrogen-bond acceptors (Lipinski definition) is 4. The fourth-order valence-corrected chi connectivity index (χ4v) is 3.05. The monoisotopic (exact) mass is 340 g/mol. The van der Waals surface area contributed by atoms with Crippen LogP contribution in [0.3, 0.4) is 0 Å². The van der Waals surface area contributed by atoms with Crippen LogP contribution >= 0.6 is 0 Å². The van der Waals surface area contributed by atoms with Crippen LogP contribution < -0.4 is 10.2 Å². The van der Waals surface area contributed by atoms with E-state index in [1.165, 1.54) is 0 Å². The van der Waals surface area contributed by atoms with E-state index in [0.29, 0.717) is 30.0 Å². The van der Waals surface area contributed by atoms with Gasteiger partial charge in [0.05, 0.1) is 7.11 Å². The molecule has 1 heterocycles. The van der Waals surface area contributed by atoms with Crippen LogP contribution in [0.4, 0.5) is 0 Å². The molecular weight excluding hydrogens is 320 g/mol. The third-order valence-corrected chi connectivity index (χ3v) is 4.43. The quantitative estimate of drug-likeness (QED) is 0.664. The number of hydroxylamine groups is 1. The summed E-state index contributed by atoms with van der Waals surface area (Å²) >= 11 is 0. The van der Waals surface area contributed by atoms with Crippen LogP contribution in [-0.2, 0) is 13.0 Å². The third-order valence-electron chi connectivity index (χ3n) is 4.43. The van der Waals surface area contributed by atoms with Crippen LogP contribution in [0.15, 0.2) is 42.5 Å². The number of amides is 2. The van der Waals surface area contributed by atoms with Gasteiger partial charge in [0.15, 0.2) is 0 Å². The van der Waals surface area contributed by atoms with Crippen molar-refractivity contribution in [3.8, 4) is 5.75 Å². The van der Waals surface area contributed by atoms with E-state index in [4.69, 9.17) is 9.94 Å². The molecule has 0 unspecified atom stereocenters. The molecule has 6 heteroatoms. The summed E-state index contributed by atoms with van der Waals surface area (Å²) in [5, 5.41) is 8.76. The maximum absolute atomic E-state index is 12.8. The average molecular weight is 340 g/mol. The molecule has 1 aliphatic rings. The Labute approximate surface area is 146 Å². The number of nitrogens with zero attached hydrogens (tertiary/aromatic N) is 1. The topological polar surface area (TPSA) is 78.9 Å². The SMILES string of the molecule is COc1ccc(C(=O)N2CCCc3cc(C(=O)NO)ccc3C2)cc1. The molecule has 2 aromatic rings. The number of fused-ring (bicyclic) bond motifs is 1. The summed E-state index contributed by atoms with van der Waals surface area (Å²) in [5.74, 6) is 0.165. The lowest BCUT2D eigenvalue weighted by Gasteiger charge is -2.21. The highest BCUT2D eigenvalue weighted by Gasteiger charge is 2.21. The smallest absolute Gasteiger partial charge is 0.274 e. The highest BCUT2D eigenvalue weighted by Crippen LogP contribution is 2.22. The summed E-state index contributed by atoms with van der Waals surface area (Å²) in [7, 11) is 1.59. The summed E-state index contributed by atoms with van der Waals surface area (Å²) < 4.78 is 5.13. The first kappa shape index (κ1) is 17.0. The summed E-state index contributed by atoms with van der Waals surface area (Å²) in [6.07, 6.45) is 1.60. The first-order valence-corrected chi connectivity index (χ1v) is 8.12. The standard InChI is InChI=1S/C19H20N2O4/c1-25-17-8-6-13(7-9-17)19(23)21-10-2-3-14-11-15(18(22)20-24)4-5-16(14)12-21/h4-9,11,24H,2-3,10,12H2,1H3,(H,20,22). The lowest BCUT2D eigenvalue weighted by atomic mass is 10.0. The van der Waals surface area contributed by atoms with Crippen LogP contribution in [0.5, 0.6) is 5.75 Å². The molecule has 1 aliphatic heterocycles. The average Bonchev–Trinajstić information content (AvgIpc) is 2.88. The van der Waals surface area contributed by atoms with E-state index in [-0.39, 0.29) is 5.91 Å². The fourth-order valence-electron chi connectivity index (χ4n) is 3.05. The van der Waals surface area contributed by atoms with Crippen LogP contribution in [0.2, 0.25) is 0 Å². The molecular formula is C19H20N2O4. The molecule has 3 rings (SSSR count). The van der Waals surface area contributed by atoms with Crippen LogP contribution in [0.1, 0.15) is 38.3 Å². The largest absolute Gasteiger partial charge is 0.497 e. The Hall–Kier alpha value is -2.86. The van der Waals surface area contributed by atoms with Crippen molar-refractivity contribution in [2.45, 2.75) is 19.4 Å². The van der Waals surface area contributed by atoms with E-state index in [9.17, 15) is 9.59 Å². The van der Waals surface area contributed by atoms with Crippen LogP contribution in [0.25, 0.3) is 0 Å². The molecule has 0 bridgehead atoms. The van der Waals surface area contributed by atoms with Crippen LogP contribution in [0, 0.1) is 0 Å². The molecule has 2 amide bonds. The summed E-state index contributed by atoms with van der Waals surface area (Å²) in [5.41, 5.74) is 4.74. The van der Waals surface area contributed by atoms with Gasteiger partial charge in [0.1, 0.15) is 5.75 Å². The number of hydrogen-bond donors (Lipinski definition) is 2. The zero-order chi connectivity index (χ0) is 17.8. The van der Waals surface area contributed by atoms with Crippen molar-refractivity contribution in [3.63, 3.8) is 0 Å². The molecule has 0 fully saturated rings. The molecule has 130 valence electrons. The predicted molar refractivity (Wildman–Crippen MR) is 91.8 cm³/mol. The minimum atomic E-state index is -0.529. The minimum Gasteiger partial charge on any atom is -0.497 e. The molecule has 6 nitrogen and oxygen atoms in total. The number of benzene rings is 2. The van der Waals surface area contributed by atoms with Gasteiger partial charge in [-0.3, -0.25) is 14.8 Å². The summed E-state index contributed by atoms with van der Waals surface area (Å²) in [6, 6.07) is 12.4. The number of carbonyl (C=O) groups is 2. The second-order valence-corrected chi connectivity index (χ2v) is 5.98. The van der Waals surface area contributed by atoms with Gasteiger partial charge in [-0.05, 0) is 60.4 Å². The van der Waals surface area contributed by atoms with Crippen molar-refractivity contribution in [2.75, 3.05) is 13.7 Å².